The molecule has 0 aromatic heterocycles. The third kappa shape index (κ3) is 5.58. The maximum absolute atomic E-state index is 12.3. The van der Waals surface area contributed by atoms with Crippen LogP contribution in [0.1, 0.15) is 91.0 Å². The quantitative estimate of drug-likeness (QED) is 0.228. The first-order chi connectivity index (χ1) is 21.3. The molecule has 1 aromatic rings. The van der Waals surface area contributed by atoms with Gasteiger partial charge in [-0.2, -0.15) is 0 Å². The maximum Gasteiger partial charge on any atom is 0.155 e. The molecule has 4 fully saturated rings. The van der Waals surface area contributed by atoms with Gasteiger partial charge in [-0.15, -0.1) is 0 Å². The van der Waals surface area contributed by atoms with Crippen LogP contribution in [0.4, 0.5) is 0 Å². The van der Waals surface area contributed by atoms with E-state index in [0.717, 1.165) is 51.3 Å². The predicted octanol–water partition coefficient (Wildman–Crippen LogP) is 7.55. The highest BCUT2D eigenvalue weighted by Crippen LogP contribution is 2.64. The second-order valence-corrected chi connectivity index (χ2v) is 15.7. The summed E-state index contributed by atoms with van der Waals surface area (Å²) >= 11 is 0. The lowest BCUT2D eigenvalue weighted by Gasteiger charge is -2.48. The molecular formula is C39H55NO4. The second kappa shape index (κ2) is 12.4. The fourth-order valence-corrected chi connectivity index (χ4v) is 10.9. The number of carbonyl (C=O) groups is 1. The van der Waals surface area contributed by atoms with E-state index in [0.29, 0.717) is 61.4 Å². The number of fused-ring (bicyclic) bond motifs is 6. The molecule has 0 amide bonds. The molecule has 1 unspecified atom stereocenters. The molecule has 5 heteroatoms. The van der Waals surface area contributed by atoms with Crippen molar-refractivity contribution in [2.24, 2.45) is 35.0 Å². The van der Waals surface area contributed by atoms with Crippen molar-refractivity contribution in [3.8, 4) is 0 Å². The van der Waals surface area contributed by atoms with Gasteiger partial charge in [-0.3, -0.25) is 9.69 Å². The summed E-state index contributed by atoms with van der Waals surface area (Å²) in [5.41, 5.74) is 6.27. The Morgan fingerprint density at radius 1 is 1.02 bits per heavy atom. The van der Waals surface area contributed by atoms with Crippen molar-refractivity contribution < 1.29 is 19.0 Å². The van der Waals surface area contributed by atoms with E-state index < -0.39 is 0 Å². The number of hydrogen-bond donors (Lipinski definition) is 0. The molecule has 1 spiro atoms. The number of ether oxygens (including phenoxy) is 3. The number of nitrogens with zero attached hydrogens (tertiary/aromatic N) is 1. The van der Waals surface area contributed by atoms with Crippen molar-refractivity contribution in [3.05, 3.63) is 58.7 Å². The van der Waals surface area contributed by atoms with Crippen LogP contribution >= 0.6 is 0 Å². The molecule has 2 heterocycles. The van der Waals surface area contributed by atoms with E-state index in [1.807, 2.05) is 12.1 Å². The molecule has 44 heavy (non-hydrogen) atoms. The number of hydrogen-bond acceptors (Lipinski definition) is 5. The van der Waals surface area contributed by atoms with Gasteiger partial charge in [0.15, 0.2) is 5.78 Å². The summed E-state index contributed by atoms with van der Waals surface area (Å²) in [5.74, 6) is 3.71. The van der Waals surface area contributed by atoms with E-state index >= 15 is 0 Å². The summed E-state index contributed by atoms with van der Waals surface area (Å²) in [6.07, 6.45) is 12.5. The highest BCUT2D eigenvalue weighted by Gasteiger charge is 2.59. The van der Waals surface area contributed by atoms with Gasteiger partial charge < -0.3 is 14.2 Å². The molecule has 9 atom stereocenters. The monoisotopic (exact) mass is 601 g/mol. The van der Waals surface area contributed by atoms with Gasteiger partial charge >= 0.3 is 0 Å². The van der Waals surface area contributed by atoms with Crippen molar-refractivity contribution >= 4 is 5.78 Å². The number of benzene rings is 1. The van der Waals surface area contributed by atoms with Crippen LogP contribution in [0, 0.1) is 35.0 Å². The van der Waals surface area contributed by atoms with Gasteiger partial charge in [0.25, 0.3) is 0 Å². The van der Waals surface area contributed by atoms with Crippen LogP contribution in [0.3, 0.4) is 0 Å². The van der Waals surface area contributed by atoms with Crippen LogP contribution in [-0.2, 0) is 25.6 Å². The topological polar surface area (TPSA) is 48.0 Å². The van der Waals surface area contributed by atoms with Crippen molar-refractivity contribution in [3.63, 3.8) is 0 Å². The Balaban J connectivity index is 0.988. The first-order valence-corrected chi connectivity index (χ1v) is 17.8. The highest BCUT2D eigenvalue weighted by molar-refractivity contribution is 5.91. The van der Waals surface area contributed by atoms with E-state index in [1.165, 1.54) is 43.2 Å². The van der Waals surface area contributed by atoms with Crippen molar-refractivity contribution in [1.82, 2.24) is 4.90 Å². The predicted molar refractivity (Wildman–Crippen MR) is 174 cm³/mol. The Bertz CT molecular complexity index is 1270. The van der Waals surface area contributed by atoms with Gasteiger partial charge in [-0.25, -0.2) is 0 Å². The largest absolute Gasteiger partial charge is 0.378 e. The lowest BCUT2D eigenvalue weighted by molar-refractivity contribution is -0.116. The molecule has 5 nitrogen and oxygen atoms in total. The summed E-state index contributed by atoms with van der Waals surface area (Å²) in [6.45, 7) is 14.6. The third-order valence-corrected chi connectivity index (χ3v) is 13.2. The summed E-state index contributed by atoms with van der Waals surface area (Å²) in [7, 11) is 0. The molecule has 4 aliphatic carbocycles. The Morgan fingerprint density at radius 2 is 1.84 bits per heavy atom. The minimum absolute atomic E-state index is 0.0401. The van der Waals surface area contributed by atoms with Crippen molar-refractivity contribution in [2.45, 2.75) is 110 Å². The number of carbonyl (C=O) groups excluding carboxylic acids is 1. The van der Waals surface area contributed by atoms with Gasteiger partial charge in [0.2, 0.25) is 0 Å². The van der Waals surface area contributed by atoms with Crippen LogP contribution in [0.2, 0.25) is 0 Å². The van der Waals surface area contributed by atoms with Crippen LogP contribution in [0.25, 0.3) is 0 Å². The molecule has 240 valence electrons. The number of rotatable bonds is 8. The molecule has 2 saturated heterocycles. The fraction of sp³-hybridized carbons (Fsp3) is 0.718. The van der Waals surface area contributed by atoms with E-state index in [9.17, 15) is 4.79 Å². The van der Waals surface area contributed by atoms with Crippen LogP contribution in [0.5, 0.6) is 0 Å². The average molecular weight is 602 g/mol. The summed E-state index contributed by atoms with van der Waals surface area (Å²) in [6, 6.07) is 10.8. The zero-order chi connectivity index (χ0) is 30.5. The van der Waals surface area contributed by atoms with Gasteiger partial charge in [0.05, 0.1) is 38.1 Å². The standard InChI is InChI=1S/C39H55NO4/c1-26-20-36-37(40(24-26)16-17-42-18-19-43-25-29-8-6-5-7-9-29)28(3)39(44-36)15-13-32-33-11-10-30-21-31(41)12-14-38(30,4)35(33)22-34(32)27(2)23-39/h5-9,21,26,28,32-33,35-37H,10-20,22-25H2,1-4H3/t26-,28+,32-,33-,35-,36+,37-,38?,39-/m0/s1. The van der Waals surface area contributed by atoms with Gasteiger partial charge in [0, 0.05) is 31.5 Å². The Morgan fingerprint density at radius 3 is 2.68 bits per heavy atom. The normalized spacial score (nSPS) is 40.3. The fourth-order valence-electron chi connectivity index (χ4n) is 10.9. The average Bonchev–Trinajstić information content (AvgIpc) is 3.47. The maximum atomic E-state index is 12.3. The Hall–Kier alpha value is -1.79. The molecule has 7 rings (SSSR count). The number of piperidine rings is 1. The molecule has 2 saturated carbocycles. The second-order valence-electron chi connectivity index (χ2n) is 15.7. The van der Waals surface area contributed by atoms with Gasteiger partial charge in [0.1, 0.15) is 0 Å². The summed E-state index contributed by atoms with van der Waals surface area (Å²) in [4.78, 5) is 15.0. The lowest BCUT2D eigenvalue weighted by Crippen LogP contribution is -2.52. The van der Waals surface area contributed by atoms with E-state index in [4.69, 9.17) is 14.2 Å². The lowest BCUT2D eigenvalue weighted by atomic mass is 9.56. The molecule has 2 aliphatic heterocycles. The number of likely N-dealkylation sites (tertiary alicyclic amines) is 1. The highest BCUT2D eigenvalue weighted by atomic mass is 16.5. The molecular weight excluding hydrogens is 546 g/mol. The van der Waals surface area contributed by atoms with E-state index in [-0.39, 0.29) is 11.0 Å². The summed E-state index contributed by atoms with van der Waals surface area (Å²) < 4.78 is 19.2. The Kier molecular flexibility index (Phi) is 8.71. The SMILES string of the molecule is CC1=C2C[C@H]3[C@@H](CCC4=CC(=O)CCC43C)[C@@H]2CC[C@@]2(C1)O[C@@H]1C[C@H](C)CN(CCOCCOCc3ccccc3)[C@H]1[C@H]2C. The molecule has 6 aliphatic rings. The van der Waals surface area contributed by atoms with Crippen LogP contribution in [0.15, 0.2) is 53.1 Å². The molecule has 0 N–H and O–H groups in total. The zero-order valence-corrected chi connectivity index (χ0v) is 27.7. The zero-order valence-electron chi connectivity index (χ0n) is 27.7. The Labute approximate surface area is 265 Å². The minimum Gasteiger partial charge on any atom is -0.378 e. The van der Waals surface area contributed by atoms with Crippen molar-refractivity contribution in [2.75, 3.05) is 32.9 Å². The number of allylic oxidation sites excluding steroid dienone is 3. The summed E-state index contributed by atoms with van der Waals surface area (Å²) in [5, 5.41) is 0. The van der Waals surface area contributed by atoms with Crippen molar-refractivity contribution in [1.29, 1.82) is 0 Å². The number of ketones is 1. The third-order valence-electron chi connectivity index (χ3n) is 13.2. The minimum atomic E-state index is -0.0401. The molecule has 0 bridgehead atoms. The van der Waals surface area contributed by atoms with E-state index in [2.05, 4.69) is 56.9 Å². The smallest absolute Gasteiger partial charge is 0.155 e. The first-order valence-electron chi connectivity index (χ1n) is 17.8. The van der Waals surface area contributed by atoms with Gasteiger partial charge in [-0.1, -0.05) is 67.8 Å². The van der Waals surface area contributed by atoms with Crippen LogP contribution < -0.4 is 0 Å². The van der Waals surface area contributed by atoms with Crippen LogP contribution in [-0.4, -0.2) is 61.3 Å². The van der Waals surface area contributed by atoms with E-state index in [1.54, 1.807) is 11.1 Å². The van der Waals surface area contributed by atoms with Gasteiger partial charge in [-0.05, 0) is 99.0 Å². The molecule has 1 aromatic carbocycles. The first kappa shape index (κ1) is 30.8. The molecule has 0 radical (unpaired) electrons.